The van der Waals surface area contributed by atoms with Gasteiger partial charge in [0, 0.05) is 26.3 Å². The smallest absolute Gasteiger partial charge is 0.326 e. The van der Waals surface area contributed by atoms with Crippen molar-refractivity contribution in [1.82, 2.24) is 14.7 Å². The quantitative estimate of drug-likeness (QED) is 0.888. The van der Waals surface area contributed by atoms with Crippen molar-refractivity contribution in [2.24, 2.45) is 0 Å². The van der Waals surface area contributed by atoms with Crippen molar-refractivity contribution in [3.8, 4) is 5.69 Å². The van der Waals surface area contributed by atoms with E-state index in [2.05, 4.69) is 5.10 Å². The average Bonchev–Trinajstić information content (AvgIpc) is 3.22. The second-order valence-electron chi connectivity index (χ2n) is 5.80. The van der Waals surface area contributed by atoms with Gasteiger partial charge < -0.3 is 14.7 Å². The molecule has 2 atom stereocenters. The summed E-state index contributed by atoms with van der Waals surface area (Å²) >= 11 is 0. The second kappa shape index (κ2) is 6.84. The largest absolute Gasteiger partial charge is 0.480 e. The number of carbonyl (C=O) groups is 2. The first-order valence-electron chi connectivity index (χ1n) is 7.72. The lowest BCUT2D eigenvalue weighted by molar-refractivity contribution is -0.148. The Bertz CT molecular complexity index is 728. The number of aromatic nitrogens is 2. The summed E-state index contributed by atoms with van der Waals surface area (Å²) in [5.41, 5.74) is 1.65. The van der Waals surface area contributed by atoms with Crippen LogP contribution in [0, 0.1) is 0 Å². The van der Waals surface area contributed by atoms with Gasteiger partial charge >= 0.3 is 5.97 Å². The van der Waals surface area contributed by atoms with Gasteiger partial charge in [0.25, 0.3) is 0 Å². The Morgan fingerprint density at radius 2 is 2.08 bits per heavy atom. The Morgan fingerprint density at radius 3 is 2.75 bits per heavy atom. The van der Waals surface area contributed by atoms with E-state index in [4.69, 9.17) is 4.74 Å². The monoisotopic (exact) mass is 329 g/mol. The molecule has 1 saturated heterocycles. The fourth-order valence-corrected chi connectivity index (χ4v) is 2.93. The van der Waals surface area contributed by atoms with Gasteiger partial charge in [-0.2, -0.15) is 5.10 Å². The fourth-order valence-electron chi connectivity index (χ4n) is 2.93. The molecule has 1 amide bonds. The SMILES string of the molecule is COC1CC(C(=O)O)N(C(=O)Cc2cnn(-c3ccccc3)c2)C1. The van der Waals surface area contributed by atoms with Crippen molar-refractivity contribution in [2.75, 3.05) is 13.7 Å². The maximum absolute atomic E-state index is 12.5. The second-order valence-corrected chi connectivity index (χ2v) is 5.80. The lowest BCUT2D eigenvalue weighted by Crippen LogP contribution is -2.41. The van der Waals surface area contributed by atoms with E-state index in [1.165, 1.54) is 12.0 Å². The molecule has 0 spiro atoms. The van der Waals surface area contributed by atoms with Gasteiger partial charge in [-0.15, -0.1) is 0 Å². The van der Waals surface area contributed by atoms with Crippen LogP contribution in [0.2, 0.25) is 0 Å². The summed E-state index contributed by atoms with van der Waals surface area (Å²) in [6.07, 6.45) is 3.62. The summed E-state index contributed by atoms with van der Waals surface area (Å²) in [6, 6.07) is 8.75. The van der Waals surface area contributed by atoms with E-state index in [-0.39, 0.29) is 18.4 Å². The Morgan fingerprint density at radius 1 is 1.33 bits per heavy atom. The van der Waals surface area contributed by atoms with Gasteiger partial charge in [0.1, 0.15) is 6.04 Å². The molecule has 3 rings (SSSR count). The molecule has 0 bridgehead atoms. The average molecular weight is 329 g/mol. The Balaban J connectivity index is 1.71. The highest BCUT2D eigenvalue weighted by Gasteiger charge is 2.39. The number of para-hydroxylation sites is 1. The third kappa shape index (κ3) is 3.30. The molecule has 0 saturated carbocycles. The number of carboxylic acids is 1. The topological polar surface area (TPSA) is 84.7 Å². The number of hydrogen-bond acceptors (Lipinski definition) is 4. The summed E-state index contributed by atoms with van der Waals surface area (Å²) in [5.74, 6) is -1.22. The van der Waals surface area contributed by atoms with Crippen LogP contribution >= 0.6 is 0 Å². The standard InChI is InChI=1S/C17H19N3O4/c1-24-14-8-15(17(22)23)19(11-14)16(21)7-12-9-18-20(10-12)13-5-3-2-4-6-13/h2-6,9-10,14-15H,7-8,11H2,1H3,(H,22,23). The number of nitrogens with zero attached hydrogens (tertiary/aromatic N) is 3. The van der Waals surface area contributed by atoms with Crippen LogP contribution < -0.4 is 0 Å². The molecule has 126 valence electrons. The maximum Gasteiger partial charge on any atom is 0.326 e. The van der Waals surface area contributed by atoms with Crippen LogP contribution in [-0.2, 0) is 20.7 Å². The highest BCUT2D eigenvalue weighted by Crippen LogP contribution is 2.21. The number of ether oxygens (including phenoxy) is 1. The maximum atomic E-state index is 12.5. The van der Waals surface area contributed by atoms with Crippen molar-refractivity contribution in [1.29, 1.82) is 0 Å². The van der Waals surface area contributed by atoms with E-state index >= 15 is 0 Å². The highest BCUT2D eigenvalue weighted by molar-refractivity contribution is 5.85. The fraction of sp³-hybridized carbons (Fsp3) is 0.353. The van der Waals surface area contributed by atoms with Crippen molar-refractivity contribution >= 4 is 11.9 Å². The van der Waals surface area contributed by atoms with Crippen LogP contribution in [0.15, 0.2) is 42.7 Å². The number of methoxy groups -OCH3 is 1. The van der Waals surface area contributed by atoms with E-state index in [1.807, 2.05) is 30.3 Å². The zero-order valence-electron chi connectivity index (χ0n) is 13.3. The number of carbonyl (C=O) groups excluding carboxylic acids is 1. The molecular formula is C17H19N3O4. The zero-order valence-corrected chi connectivity index (χ0v) is 13.3. The number of hydrogen-bond donors (Lipinski definition) is 1. The van der Waals surface area contributed by atoms with Crippen LogP contribution in [0.25, 0.3) is 5.69 Å². The minimum atomic E-state index is -0.997. The summed E-state index contributed by atoms with van der Waals surface area (Å²) < 4.78 is 6.90. The van der Waals surface area contributed by atoms with Crippen molar-refractivity contribution in [3.05, 3.63) is 48.3 Å². The molecule has 1 fully saturated rings. The highest BCUT2D eigenvalue weighted by atomic mass is 16.5. The molecule has 1 aromatic carbocycles. The lowest BCUT2D eigenvalue weighted by Gasteiger charge is -2.20. The molecular weight excluding hydrogens is 310 g/mol. The molecule has 1 aliphatic heterocycles. The summed E-state index contributed by atoms with van der Waals surface area (Å²) in [7, 11) is 1.53. The molecule has 2 aromatic rings. The van der Waals surface area contributed by atoms with Gasteiger partial charge in [-0.1, -0.05) is 18.2 Å². The van der Waals surface area contributed by atoms with Gasteiger partial charge in [-0.3, -0.25) is 4.79 Å². The molecule has 1 aromatic heterocycles. The summed E-state index contributed by atoms with van der Waals surface area (Å²) in [6.45, 7) is 0.305. The van der Waals surface area contributed by atoms with E-state index in [1.54, 1.807) is 17.1 Å². The number of likely N-dealkylation sites (tertiary alicyclic amines) is 1. The number of amides is 1. The number of aliphatic carboxylic acids is 1. The predicted molar refractivity (Wildman–Crippen MR) is 85.8 cm³/mol. The predicted octanol–water partition coefficient (Wildman–Crippen LogP) is 1.12. The molecule has 24 heavy (non-hydrogen) atoms. The Kier molecular flexibility index (Phi) is 4.61. The summed E-state index contributed by atoms with van der Waals surface area (Å²) in [5, 5.41) is 13.6. The summed E-state index contributed by atoms with van der Waals surface area (Å²) in [4.78, 5) is 25.2. The van der Waals surface area contributed by atoms with Gasteiger partial charge in [0.2, 0.25) is 5.91 Å². The molecule has 2 heterocycles. The Labute approximate surface area is 139 Å². The normalized spacial score (nSPS) is 20.3. The first kappa shape index (κ1) is 16.2. The van der Waals surface area contributed by atoms with Crippen molar-refractivity contribution in [3.63, 3.8) is 0 Å². The van der Waals surface area contributed by atoms with Gasteiger partial charge in [-0.25, -0.2) is 9.48 Å². The third-order valence-corrected chi connectivity index (χ3v) is 4.21. The first-order valence-corrected chi connectivity index (χ1v) is 7.72. The zero-order chi connectivity index (χ0) is 17.1. The third-order valence-electron chi connectivity index (χ3n) is 4.21. The van der Waals surface area contributed by atoms with Crippen LogP contribution in [0.4, 0.5) is 0 Å². The van der Waals surface area contributed by atoms with Crippen LogP contribution in [0.3, 0.4) is 0 Å². The number of benzene rings is 1. The van der Waals surface area contributed by atoms with Crippen LogP contribution in [-0.4, -0.2) is 57.5 Å². The Hall–Kier alpha value is -2.67. The minimum Gasteiger partial charge on any atom is -0.480 e. The van der Waals surface area contributed by atoms with E-state index in [9.17, 15) is 14.7 Å². The van der Waals surface area contributed by atoms with Crippen molar-refractivity contribution < 1.29 is 19.4 Å². The van der Waals surface area contributed by atoms with Gasteiger partial charge in [0.15, 0.2) is 0 Å². The molecule has 2 unspecified atom stereocenters. The van der Waals surface area contributed by atoms with Gasteiger partial charge in [0.05, 0.1) is 24.4 Å². The van der Waals surface area contributed by atoms with Crippen molar-refractivity contribution in [2.45, 2.75) is 25.0 Å². The molecule has 7 heteroatoms. The van der Waals surface area contributed by atoms with E-state index < -0.39 is 12.0 Å². The molecule has 1 N–H and O–H groups in total. The molecule has 0 radical (unpaired) electrons. The molecule has 0 aliphatic carbocycles. The number of rotatable bonds is 5. The molecule has 7 nitrogen and oxygen atoms in total. The lowest BCUT2D eigenvalue weighted by atomic mass is 10.2. The number of carboxylic acid groups (broad SMARTS) is 1. The van der Waals surface area contributed by atoms with Gasteiger partial charge in [-0.05, 0) is 17.7 Å². The van der Waals surface area contributed by atoms with Crippen LogP contribution in [0.5, 0.6) is 0 Å². The minimum absolute atomic E-state index is 0.118. The van der Waals surface area contributed by atoms with Crippen LogP contribution in [0.1, 0.15) is 12.0 Å². The first-order chi connectivity index (χ1) is 11.6. The van der Waals surface area contributed by atoms with E-state index in [0.717, 1.165) is 11.3 Å². The molecule has 1 aliphatic rings. The van der Waals surface area contributed by atoms with E-state index in [0.29, 0.717) is 13.0 Å².